The maximum absolute atomic E-state index is 12.9. The van der Waals surface area contributed by atoms with Gasteiger partial charge in [0.05, 0.1) is 13.7 Å². The van der Waals surface area contributed by atoms with Crippen LogP contribution in [0.4, 0.5) is 0 Å². The van der Waals surface area contributed by atoms with Crippen LogP contribution in [0, 0.1) is 5.92 Å². The quantitative estimate of drug-likeness (QED) is 0.375. The van der Waals surface area contributed by atoms with Crippen molar-refractivity contribution in [3.8, 4) is 0 Å². The number of esters is 1. The topological polar surface area (TPSA) is 84.7 Å². The Labute approximate surface area is 220 Å². The average Bonchev–Trinajstić information content (AvgIpc) is 2.75. The van der Waals surface area contributed by atoms with Crippen molar-refractivity contribution < 1.29 is 14.3 Å². The van der Waals surface area contributed by atoms with E-state index in [1.807, 2.05) is 24.5 Å². The predicted molar refractivity (Wildman–Crippen MR) is 148 cm³/mol. The fourth-order valence-electron chi connectivity index (χ4n) is 3.94. The first kappa shape index (κ1) is 32.5. The van der Waals surface area contributed by atoms with Crippen molar-refractivity contribution >= 4 is 59.2 Å². The molecule has 0 heterocycles. The maximum atomic E-state index is 12.9. The number of nitrogens with one attached hydrogen (secondary N) is 1. The van der Waals surface area contributed by atoms with Gasteiger partial charge in [0.2, 0.25) is 5.91 Å². The van der Waals surface area contributed by atoms with Gasteiger partial charge in [-0.2, -0.15) is 11.8 Å². The molecule has 2 atom stereocenters. The second-order valence-electron chi connectivity index (χ2n) is 8.62. The van der Waals surface area contributed by atoms with Gasteiger partial charge in [0.15, 0.2) is 0 Å². The zero-order valence-corrected chi connectivity index (χ0v) is 22.9. The number of nitrogens with zero attached hydrogens (tertiary/aromatic N) is 1. The molecule has 6 nitrogen and oxygen atoms in total. The van der Waals surface area contributed by atoms with Crippen molar-refractivity contribution in [3.63, 3.8) is 0 Å². The van der Waals surface area contributed by atoms with Crippen LogP contribution in [0.25, 0.3) is 10.8 Å². The number of hydrogen-bond acceptors (Lipinski definition) is 6. The van der Waals surface area contributed by atoms with Crippen LogP contribution in [0.5, 0.6) is 0 Å². The molecular formula is C25H39Cl2N3O3S. The van der Waals surface area contributed by atoms with E-state index in [1.54, 1.807) is 11.8 Å². The fourth-order valence-corrected chi connectivity index (χ4v) is 4.41. The summed E-state index contributed by atoms with van der Waals surface area (Å²) in [4.78, 5) is 27.1. The first-order chi connectivity index (χ1) is 15.3. The predicted octanol–water partition coefficient (Wildman–Crippen LogP) is 4.27. The highest BCUT2D eigenvalue weighted by molar-refractivity contribution is 7.98. The van der Waals surface area contributed by atoms with E-state index >= 15 is 0 Å². The molecule has 0 saturated carbocycles. The minimum Gasteiger partial charge on any atom is -0.467 e. The lowest BCUT2D eigenvalue weighted by Crippen LogP contribution is -2.48. The van der Waals surface area contributed by atoms with Crippen LogP contribution >= 0.6 is 36.6 Å². The van der Waals surface area contributed by atoms with Crippen molar-refractivity contribution in [1.82, 2.24) is 10.2 Å². The number of fused-ring (bicyclic) bond motifs is 1. The number of thioether (sulfide) groups is 1. The maximum Gasteiger partial charge on any atom is 0.328 e. The molecule has 2 aromatic carbocycles. The van der Waals surface area contributed by atoms with Gasteiger partial charge in [0.25, 0.3) is 0 Å². The third-order valence-electron chi connectivity index (χ3n) is 5.34. The lowest BCUT2D eigenvalue weighted by atomic mass is 10.0. The van der Waals surface area contributed by atoms with Crippen LogP contribution in [-0.2, 0) is 20.9 Å². The molecule has 0 unspecified atom stereocenters. The molecule has 34 heavy (non-hydrogen) atoms. The Hall–Kier alpha value is -1.51. The summed E-state index contributed by atoms with van der Waals surface area (Å²) >= 11 is 1.63. The third kappa shape index (κ3) is 10.8. The molecule has 1 amide bonds. The molecule has 3 N–H and O–H groups in total. The van der Waals surface area contributed by atoms with E-state index in [-0.39, 0.29) is 43.3 Å². The Kier molecular flexibility index (Phi) is 16.3. The van der Waals surface area contributed by atoms with Crippen LogP contribution in [0.15, 0.2) is 42.5 Å². The van der Waals surface area contributed by atoms with Crippen LogP contribution in [-0.4, -0.2) is 61.1 Å². The van der Waals surface area contributed by atoms with Gasteiger partial charge >= 0.3 is 5.97 Å². The van der Waals surface area contributed by atoms with Gasteiger partial charge in [-0.3, -0.25) is 9.69 Å². The van der Waals surface area contributed by atoms with Crippen LogP contribution in [0.3, 0.4) is 0 Å². The second kappa shape index (κ2) is 17.0. The largest absolute Gasteiger partial charge is 0.467 e. The lowest BCUT2D eigenvalue weighted by Gasteiger charge is -2.27. The van der Waals surface area contributed by atoms with Gasteiger partial charge in [0.1, 0.15) is 6.04 Å². The molecule has 0 spiro atoms. The second-order valence-corrected chi connectivity index (χ2v) is 9.61. The monoisotopic (exact) mass is 531 g/mol. The van der Waals surface area contributed by atoms with Gasteiger partial charge in [-0.15, -0.1) is 24.8 Å². The molecule has 0 radical (unpaired) electrons. The third-order valence-corrected chi connectivity index (χ3v) is 5.98. The Bertz CT molecular complexity index is 880. The van der Waals surface area contributed by atoms with E-state index in [0.29, 0.717) is 25.4 Å². The van der Waals surface area contributed by atoms with Crippen LogP contribution in [0.1, 0.15) is 32.3 Å². The minimum atomic E-state index is -0.635. The van der Waals surface area contributed by atoms with Crippen LogP contribution in [0.2, 0.25) is 0 Å². The number of ether oxygens (including phenoxy) is 1. The van der Waals surface area contributed by atoms with Crippen LogP contribution < -0.4 is 11.1 Å². The Morgan fingerprint density at radius 3 is 2.44 bits per heavy atom. The van der Waals surface area contributed by atoms with Gasteiger partial charge in [0, 0.05) is 19.1 Å². The molecule has 2 rings (SSSR count). The number of halogens is 2. The standard InChI is InChI=1S/C25H37N3O3S.2ClH/c1-18(2)14-21(26)16-28(15-20-10-7-9-19-8-5-6-11-22(19)20)17-24(29)27-23(12-13-32-4)25(30)31-3;;/h5-11,18,21,23H,12-17,26H2,1-4H3,(H,27,29);2*1H/t21-,23-;;/m0../s1. The van der Waals surface area contributed by atoms with Crippen molar-refractivity contribution in [3.05, 3.63) is 48.0 Å². The zero-order valence-electron chi connectivity index (χ0n) is 20.5. The van der Waals surface area contributed by atoms with Crippen molar-refractivity contribution in [1.29, 1.82) is 0 Å². The number of rotatable bonds is 13. The van der Waals surface area contributed by atoms with Crippen molar-refractivity contribution in [2.45, 2.75) is 45.3 Å². The number of hydrogen-bond donors (Lipinski definition) is 2. The van der Waals surface area contributed by atoms with E-state index in [9.17, 15) is 9.59 Å². The normalized spacial score (nSPS) is 12.6. The SMILES string of the molecule is COC(=O)[C@H](CCSC)NC(=O)CN(Cc1cccc2ccccc12)C[C@@H](N)CC(C)C.Cl.Cl. The number of nitrogens with two attached hydrogens (primary N) is 1. The molecular weight excluding hydrogens is 493 g/mol. The average molecular weight is 533 g/mol. The highest BCUT2D eigenvalue weighted by Gasteiger charge is 2.23. The first-order valence-electron chi connectivity index (χ1n) is 11.1. The summed E-state index contributed by atoms with van der Waals surface area (Å²) in [7, 11) is 1.35. The number of amides is 1. The van der Waals surface area contributed by atoms with E-state index < -0.39 is 12.0 Å². The highest BCUT2D eigenvalue weighted by Crippen LogP contribution is 2.20. The van der Waals surface area contributed by atoms with E-state index in [1.165, 1.54) is 17.9 Å². The lowest BCUT2D eigenvalue weighted by molar-refractivity contribution is -0.145. The summed E-state index contributed by atoms with van der Waals surface area (Å²) in [6.45, 7) is 5.67. The van der Waals surface area contributed by atoms with Crippen molar-refractivity contribution in [2.24, 2.45) is 11.7 Å². The number of carbonyl (C=O) groups excluding carboxylic acids is 2. The molecule has 0 aromatic heterocycles. The molecule has 0 aliphatic heterocycles. The number of carbonyl (C=O) groups is 2. The smallest absolute Gasteiger partial charge is 0.328 e. The minimum absolute atomic E-state index is 0. The summed E-state index contributed by atoms with van der Waals surface area (Å²) in [5.41, 5.74) is 7.56. The molecule has 0 saturated heterocycles. The molecule has 192 valence electrons. The highest BCUT2D eigenvalue weighted by atomic mass is 35.5. The molecule has 0 fully saturated rings. The summed E-state index contributed by atoms with van der Waals surface area (Å²) < 4.78 is 4.87. The van der Waals surface area contributed by atoms with Crippen molar-refractivity contribution in [2.75, 3.05) is 32.2 Å². The Morgan fingerprint density at radius 1 is 1.12 bits per heavy atom. The summed E-state index contributed by atoms with van der Waals surface area (Å²) in [5, 5.41) is 5.20. The molecule has 9 heteroatoms. The van der Waals surface area contributed by atoms with E-state index in [4.69, 9.17) is 10.5 Å². The van der Waals surface area contributed by atoms with Gasteiger partial charge < -0.3 is 15.8 Å². The van der Waals surface area contributed by atoms with Gasteiger partial charge in [-0.05, 0) is 47.1 Å². The number of benzene rings is 2. The van der Waals surface area contributed by atoms with E-state index in [0.717, 1.165) is 17.7 Å². The molecule has 0 bridgehead atoms. The Balaban J connectivity index is 0.00000544. The zero-order chi connectivity index (χ0) is 23.5. The molecule has 0 aliphatic carbocycles. The Morgan fingerprint density at radius 2 is 1.79 bits per heavy atom. The summed E-state index contributed by atoms with van der Waals surface area (Å²) in [5.74, 6) is 0.635. The fraction of sp³-hybridized carbons (Fsp3) is 0.520. The van der Waals surface area contributed by atoms with E-state index in [2.05, 4.69) is 48.3 Å². The van der Waals surface area contributed by atoms with Gasteiger partial charge in [-0.1, -0.05) is 56.3 Å². The molecule has 0 aliphatic rings. The first-order valence-corrected chi connectivity index (χ1v) is 12.5. The summed E-state index contributed by atoms with van der Waals surface area (Å²) in [6.07, 6.45) is 3.39. The summed E-state index contributed by atoms with van der Waals surface area (Å²) in [6, 6.07) is 13.8. The number of methoxy groups -OCH3 is 1. The van der Waals surface area contributed by atoms with Gasteiger partial charge in [-0.25, -0.2) is 4.79 Å². The molecule has 2 aromatic rings.